The van der Waals surface area contributed by atoms with Crippen LogP contribution in [-0.2, 0) is 9.59 Å². The molecule has 0 saturated heterocycles. The first-order chi connectivity index (χ1) is 8.75. The van der Waals surface area contributed by atoms with Gasteiger partial charge in [0.25, 0.3) is 0 Å². The van der Waals surface area contributed by atoms with Crippen LogP contribution in [0.3, 0.4) is 0 Å². The fourth-order valence-corrected chi connectivity index (χ4v) is 2.50. The summed E-state index contributed by atoms with van der Waals surface area (Å²) in [7, 11) is 0. The molecule has 1 saturated carbocycles. The normalized spacial score (nSPS) is 23.8. The van der Waals surface area contributed by atoms with Crippen LogP contribution >= 0.6 is 11.6 Å². The van der Waals surface area contributed by atoms with Gasteiger partial charge in [0.15, 0.2) is 0 Å². The number of carbonyl (C=O) groups excluding carboxylic acids is 1. The minimum Gasteiger partial charge on any atom is -0.481 e. The van der Waals surface area contributed by atoms with Crippen LogP contribution in [0.1, 0.15) is 13.8 Å². The minimum absolute atomic E-state index is 0.0341. The smallest absolute Gasteiger partial charge is 0.307 e. The Bertz CT molecular complexity index is 559. The summed E-state index contributed by atoms with van der Waals surface area (Å²) < 4.78 is 13.2. The van der Waals surface area contributed by atoms with Crippen molar-refractivity contribution < 1.29 is 19.1 Å². The number of rotatable bonds is 3. The highest BCUT2D eigenvalue weighted by Gasteiger charge is 2.65. The molecule has 0 bridgehead atoms. The van der Waals surface area contributed by atoms with Crippen LogP contribution in [0.25, 0.3) is 0 Å². The van der Waals surface area contributed by atoms with E-state index in [4.69, 9.17) is 16.7 Å². The van der Waals surface area contributed by atoms with Gasteiger partial charge in [-0.2, -0.15) is 0 Å². The summed E-state index contributed by atoms with van der Waals surface area (Å²) in [4.78, 5) is 23.0. The second-order valence-corrected chi connectivity index (χ2v) is 5.64. The molecule has 2 N–H and O–H groups in total. The number of benzene rings is 1. The summed E-state index contributed by atoms with van der Waals surface area (Å²) in [5, 5.41) is 11.5. The zero-order chi connectivity index (χ0) is 14.4. The van der Waals surface area contributed by atoms with Crippen LogP contribution in [0.5, 0.6) is 0 Å². The predicted molar refractivity (Wildman–Crippen MR) is 68.4 cm³/mol. The lowest BCUT2D eigenvalue weighted by molar-refractivity contribution is -0.140. The first-order valence-electron chi connectivity index (χ1n) is 5.74. The van der Waals surface area contributed by atoms with Crippen molar-refractivity contribution in [1.82, 2.24) is 0 Å². The molecular formula is C13H13ClFNO3. The van der Waals surface area contributed by atoms with Crippen molar-refractivity contribution in [3.8, 4) is 0 Å². The molecule has 1 aromatic carbocycles. The molecule has 1 aliphatic rings. The molecule has 19 heavy (non-hydrogen) atoms. The highest BCUT2D eigenvalue weighted by atomic mass is 35.5. The number of anilines is 1. The third-order valence-corrected chi connectivity index (χ3v) is 3.87. The second-order valence-electron chi connectivity index (χ2n) is 5.23. The number of carbonyl (C=O) groups is 2. The van der Waals surface area contributed by atoms with Crippen molar-refractivity contribution in [2.75, 3.05) is 5.32 Å². The molecule has 0 spiro atoms. The molecule has 6 heteroatoms. The monoisotopic (exact) mass is 285 g/mol. The van der Waals surface area contributed by atoms with Gasteiger partial charge in [-0.3, -0.25) is 9.59 Å². The molecule has 1 amide bonds. The number of carboxylic acids is 1. The van der Waals surface area contributed by atoms with Gasteiger partial charge in [-0.25, -0.2) is 4.39 Å². The van der Waals surface area contributed by atoms with Crippen molar-refractivity contribution in [1.29, 1.82) is 0 Å². The van der Waals surface area contributed by atoms with Crippen molar-refractivity contribution >= 4 is 29.2 Å². The van der Waals surface area contributed by atoms with Crippen molar-refractivity contribution in [3.63, 3.8) is 0 Å². The maximum absolute atomic E-state index is 13.2. The number of carboxylic acid groups (broad SMARTS) is 1. The van der Waals surface area contributed by atoms with E-state index in [1.807, 2.05) is 0 Å². The van der Waals surface area contributed by atoms with Crippen LogP contribution in [-0.4, -0.2) is 17.0 Å². The lowest BCUT2D eigenvalue weighted by Crippen LogP contribution is -2.17. The zero-order valence-corrected chi connectivity index (χ0v) is 11.2. The Morgan fingerprint density at radius 3 is 2.47 bits per heavy atom. The Kier molecular flexibility index (Phi) is 3.26. The summed E-state index contributed by atoms with van der Waals surface area (Å²) >= 11 is 5.54. The Hall–Kier alpha value is -1.62. The van der Waals surface area contributed by atoms with E-state index in [2.05, 4.69) is 5.32 Å². The maximum Gasteiger partial charge on any atom is 0.307 e. The largest absolute Gasteiger partial charge is 0.481 e. The van der Waals surface area contributed by atoms with Gasteiger partial charge in [0.1, 0.15) is 5.82 Å². The van der Waals surface area contributed by atoms with E-state index in [0.29, 0.717) is 0 Å². The minimum atomic E-state index is -0.993. The molecule has 2 rings (SSSR count). The quantitative estimate of drug-likeness (QED) is 0.897. The average molecular weight is 286 g/mol. The summed E-state index contributed by atoms with van der Waals surface area (Å²) in [6.45, 7) is 3.44. The van der Waals surface area contributed by atoms with Gasteiger partial charge in [0, 0.05) is 5.69 Å². The number of aliphatic carboxylic acids is 1. The predicted octanol–water partition coefficient (Wildman–Crippen LogP) is 2.77. The van der Waals surface area contributed by atoms with E-state index >= 15 is 0 Å². The molecule has 1 aliphatic carbocycles. The van der Waals surface area contributed by atoms with Crippen LogP contribution in [0.15, 0.2) is 18.2 Å². The van der Waals surface area contributed by atoms with E-state index < -0.39 is 34.9 Å². The average Bonchev–Trinajstić information content (AvgIpc) is 2.87. The summed E-state index contributed by atoms with van der Waals surface area (Å²) in [5.74, 6) is -3.36. The van der Waals surface area contributed by atoms with Gasteiger partial charge >= 0.3 is 5.97 Å². The Balaban J connectivity index is 2.10. The van der Waals surface area contributed by atoms with Gasteiger partial charge in [0.05, 0.1) is 16.9 Å². The first-order valence-corrected chi connectivity index (χ1v) is 6.11. The lowest BCUT2D eigenvalue weighted by atomic mass is 10.1. The first kappa shape index (κ1) is 13.8. The number of nitrogens with one attached hydrogen (secondary N) is 1. The van der Waals surface area contributed by atoms with E-state index in [1.165, 1.54) is 12.1 Å². The van der Waals surface area contributed by atoms with E-state index in [1.54, 1.807) is 13.8 Å². The number of hydrogen-bond acceptors (Lipinski definition) is 2. The van der Waals surface area contributed by atoms with Crippen LogP contribution in [0, 0.1) is 23.1 Å². The van der Waals surface area contributed by atoms with Crippen LogP contribution in [0.4, 0.5) is 10.1 Å². The molecule has 2 atom stereocenters. The number of halogens is 2. The topological polar surface area (TPSA) is 66.4 Å². The highest BCUT2D eigenvalue weighted by molar-refractivity contribution is 6.30. The van der Waals surface area contributed by atoms with Gasteiger partial charge in [0.2, 0.25) is 5.91 Å². The molecular weight excluding hydrogens is 273 g/mol. The summed E-state index contributed by atoms with van der Waals surface area (Å²) in [6, 6.07) is 3.90. The molecule has 0 radical (unpaired) electrons. The maximum atomic E-state index is 13.2. The van der Waals surface area contributed by atoms with Gasteiger partial charge in [-0.05, 0) is 23.6 Å². The molecule has 102 valence electrons. The standard InChI is InChI=1S/C13H13ClFNO3/c1-13(2)9(10(13)12(18)19)11(17)16-6-3-4-7(14)8(15)5-6/h3-5,9-10H,1-2H3,(H,16,17)(H,18,19). The van der Waals surface area contributed by atoms with Gasteiger partial charge in [-0.1, -0.05) is 25.4 Å². The molecule has 0 aromatic heterocycles. The van der Waals surface area contributed by atoms with Gasteiger partial charge in [-0.15, -0.1) is 0 Å². The van der Waals surface area contributed by atoms with Crippen molar-refractivity contribution in [2.24, 2.45) is 17.3 Å². The lowest BCUT2D eigenvalue weighted by Gasteiger charge is -2.06. The van der Waals surface area contributed by atoms with Crippen LogP contribution < -0.4 is 5.32 Å². The number of hydrogen-bond donors (Lipinski definition) is 2. The number of amides is 1. The fraction of sp³-hybridized carbons (Fsp3) is 0.385. The molecule has 1 aromatic rings. The molecule has 4 nitrogen and oxygen atoms in total. The summed E-state index contributed by atoms with van der Waals surface area (Å²) in [5.41, 5.74) is -0.320. The fourth-order valence-electron chi connectivity index (χ4n) is 2.38. The molecule has 2 unspecified atom stereocenters. The third kappa shape index (κ3) is 2.42. The molecule has 1 fully saturated rings. The Morgan fingerprint density at radius 1 is 1.37 bits per heavy atom. The van der Waals surface area contributed by atoms with E-state index in [0.717, 1.165) is 6.07 Å². The Morgan fingerprint density at radius 2 is 2.00 bits per heavy atom. The Labute approximate surface area is 114 Å². The van der Waals surface area contributed by atoms with E-state index in [-0.39, 0.29) is 10.7 Å². The van der Waals surface area contributed by atoms with E-state index in [9.17, 15) is 14.0 Å². The highest BCUT2D eigenvalue weighted by Crippen LogP contribution is 2.58. The molecule has 0 aliphatic heterocycles. The van der Waals surface area contributed by atoms with Crippen molar-refractivity contribution in [2.45, 2.75) is 13.8 Å². The van der Waals surface area contributed by atoms with Gasteiger partial charge < -0.3 is 10.4 Å². The summed E-state index contributed by atoms with van der Waals surface area (Å²) in [6.07, 6.45) is 0. The third-order valence-electron chi connectivity index (χ3n) is 3.56. The second kappa shape index (κ2) is 4.49. The zero-order valence-electron chi connectivity index (χ0n) is 10.4. The molecule has 0 heterocycles. The SMILES string of the molecule is CC1(C)C(C(=O)O)C1C(=O)Nc1ccc(Cl)c(F)c1. The van der Waals surface area contributed by atoms with Crippen LogP contribution in [0.2, 0.25) is 5.02 Å². The van der Waals surface area contributed by atoms with Crippen molar-refractivity contribution in [3.05, 3.63) is 29.0 Å².